The van der Waals surface area contributed by atoms with Crippen molar-refractivity contribution in [2.75, 3.05) is 17.0 Å². The van der Waals surface area contributed by atoms with Gasteiger partial charge >= 0.3 is 0 Å². The Balaban J connectivity index is 2.36. The number of hydrogen-bond donors (Lipinski definition) is 2. The Morgan fingerprint density at radius 3 is 2.63 bits per heavy atom. The number of hydrogen-bond acceptors (Lipinski definition) is 3. The molecule has 0 fully saturated rings. The molecule has 1 rings (SSSR count). The minimum Gasteiger partial charge on any atom is -0.315 e. The van der Waals surface area contributed by atoms with Crippen LogP contribution in [0.5, 0.6) is 0 Å². The highest BCUT2D eigenvalue weighted by molar-refractivity contribution is 9.10. The van der Waals surface area contributed by atoms with E-state index >= 15 is 0 Å². The minimum absolute atomic E-state index is 0.152. The molecule has 0 radical (unpaired) electrons. The lowest BCUT2D eigenvalue weighted by Gasteiger charge is -2.09. The summed E-state index contributed by atoms with van der Waals surface area (Å²) < 4.78 is 27.2. The molecule has 0 heterocycles. The standard InChI is InChI=1S/C13H21BrN2O2S/c1-11(2)15-8-3-4-9-19(17,18)16-13-7-5-6-12(14)10-13/h5-7,10-11,15-16H,3-4,8-9H2,1-2H3. The molecule has 0 spiro atoms. The van der Waals surface area contributed by atoms with E-state index in [-0.39, 0.29) is 5.75 Å². The summed E-state index contributed by atoms with van der Waals surface area (Å²) in [6.45, 7) is 5.00. The van der Waals surface area contributed by atoms with E-state index in [1.165, 1.54) is 0 Å². The van der Waals surface area contributed by atoms with E-state index in [0.717, 1.165) is 17.4 Å². The van der Waals surface area contributed by atoms with Crippen LogP contribution < -0.4 is 10.0 Å². The van der Waals surface area contributed by atoms with Gasteiger partial charge in [0.15, 0.2) is 0 Å². The summed E-state index contributed by atoms with van der Waals surface area (Å²) >= 11 is 3.31. The van der Waals surface area contributed by atoms with Crippen molar-refractivity contribution in [1.29, 1.82) is 0 Å². The summed E-state index contributed by atoms with van der Waals surface area (Å²) in [5.74, 6) is 0.152. The van der Waals surface area contributed by atoms with Gasteiger partial charge < -0.3 is 5.32 Å². The maximum atomic E-state index is 11.9. The number of anilines is 1. The van der Waals surface area contributed by atoms with Crippen molar-refractivity contribution in [2.24, 2.45) is 0 Å². The Morgan fingerprint density at radius 2 is 2.00 bits per heavy atom. The van der Waals surface area contributed by atoms with Crippen LogP contribution >= 0.6 is 15.9 Å². The Morgan fingerprint density at radius 1 is 1.26 bits per heavy atom. The minimum atomic E-state index is -3.25. The molecule has 19 heavy (non-hydrogen) atoms. The molecule has 1 aromatic rings. The van der Waals surface area contributed by atoms with Gasteiger partial charge in [-0.25, -0.2) is 8.42 Å². The van der Waals surface area contributed by atoms with Gasteiger partial charge in [0.1, 0.15) is 0 Å². The molecule has 0 aliphatic rings. The number of sulfonamides is 1. The van der Waals surface area contributed by atoms with Crippen LogP contribution in [0.25, 0.3) is 0 Å². The largest absolute Gasteiger partial charge is 0.315 e. The smallest absolute Gasteiger partial charge is 0.232 e. The SMILES string of the molecule is CC(C)NCCCCS(=O)(=O)Nc1cccc(Br)c1. The van der Waals surface area contributed by atoms with E-state index in [2.05, 4.69) is 39.8 Å². The number of nitrogens with one attached hydrogen (secondary N) is 2. The van der Waals surface area contributed by atoms with Gasteiger partial charge in [0.2, 0.25) is 10.0 Å². The average Bonchev–Trinajstić information content (AvgIpc) is 2.27. The zero-order valence-corrected chi connectivity index (χ0v) is 13.7. The van der Waals surface area contributed by atoms with Crippen LogP contribution in [-0.4, -0.2) is 26.8 Å². The molecule has 2 N–H and O–H groups in total. The third-order valence-electron chi connectivity index (χ3n) is 2.49. The summed E-state index contributed by atoms with van der Waals surface area (Å²) in [5, 5.41) is 3.27. The fourth-order valence-corrected chi connectivity index (χ4v) is 3.16. The maximum absolute atomic E-state index is 11.9. The molecule has 0 aliphatic carbocycles. The third kappa shape index (κ3) is 7.54. The Hall–Kier alpha value is -0.590. The zero-order valence-electron chi connectivity index (χ0n) is 11.3. The van der Waals surface area contributed by atoms with Crippen molar-refractivity contribution in [2.45, 2.75) is 32.7 Å². The van der Waals surface area contributed by atoms with Crippen molar-refractivity contribution < 1.29 is 8.42 Å². The summed E-state index contributed by atoms with van der Waals surface area (Å²) in [7, 11) is -3.25. The molecule has 0 aromatic heterocycles. The Labute approximate surface area is 124 Å². The molecule has 0 unspecified atom stereocenters. The summed E-state index contributed by atoms with van der Waals surface area (Å²) in [4.78, 5) is 0. The molecular formula is C13H21BrN2O2S. The van der Waals surface area contributed by atoms with Crippen molar-refractivity contribution in [3.05, 3.63) is 28.7 Å². The van der Waals surface area contributed by atoms with Crippen LogP contribution in [0.3, 0.4) is 0 Å². The second-order valence-electron chi connectivity index (χ2n) is 4.75. The monoisotopic (exact) mass is 348 g/mol. The van der Waals surface area contributed by atoms with Gasteiger partial charge in [0, 0.05) is 16.2 Å². The van der Waals surface area contributed by atoms with Crippen molar-refractivity contribution >= 4 is 31.6 Å². The first kappa shape index (κ1) is 16.5. The highest BCUT2D eigenvalue weighted by Crippen LogP contribution is 2.17. The van der Waals surface area contributed by atoms with E-state index in [4.69, 9.17) is 0 Å². The molecule has 0 saturated carbocycles. The molecule has 0 amide bonds. The highest BCUT2D eigenvalue weighted by atomic mass is 79.9. The lowest BCUT2D eigenvalue weighted by Crippen LogP contribution is -2.24. The Kier molecular flexibility index (Phi) is 6.82. The molecular weight excluding hydrogens is 328 g/mol. The third-order valence-corrected chi connectivity index (χ3v) is 4.36. The predicted molar refractivity (Wildman–Crippen MR) is 83.9 cm³/mol. The van der Waals surface area contributed by atoms with Gasteiger partial charge in [-0.1, -0.05) is 35.8 Å². The molecule has 0 bridgehead atoms. The quantitative estimate of drug-likeness (QED) is 0.710. The lowest BCUT2D eigenvalue weighted by molar-refractivity contribution is 0.561. The van der Waals surface area contributed by atoms with E-state index in [1.54, 1.807) is 18.2 Å². The molecule has 4 nitrogen and oxygen atoms in total. The molecule has 6 heteroatoms. The highest BCUT2D eigenvalue weighted by Gasteiger charge is 2.10. The normalized spacial score (nSPS) is 11.8. The molecule has 108 valence electrons. The molecule has 0 saturated heterocycles. The number of unbranched alkanes of at least 4 members (excludes halogenated alkanes) is 1. The summed E-state index contributed by atoms with van der Waals surface area (Å²) in [6, 6.07) is 7.58. The first-order valence-electron chi connectivity index (χ1n) is 6.38. The zero-order chi connectivity index (χ0) is 14.3. The van der Waals surface area contributed by atoms with E-state index < -0.39 is 10.0 Å². The van der Waals surface area contributed by atoms with Gasteiger partial charge in [-0.15, -0.1) is 0 Å². The van der Waals surface area contributed by atoms with Gasteiger partial charge in [-0.2, -0.15) is 0 Å². The number of benzene rings is 1. The topological polar surface area (TPSA) is 58.2 Å². The van der Waals surface area contributed by atoms with Crippen LogP contribution in [0.1, 0.15) is 26.7 Å². The Bertz CT molecular complexity index is 489. The predicted octanol–water partition coefficient (Wildman–Crippen LogP) is 2.97. The van der Waals surface area contributed by atoms with E-state index in [1.807, 2.05) is 6.07 Å². The number of rotatable bonds is 8. The van der Waals surface area contributed by atoms with Gasteiger partial charge in [0.05, 0.1) is 5.75 Å². The second-order valence-corrected chi connectivity index (χ2v) is 7.50. The van der Waals surface area contributed by atoms with Crippen molar-refractivity contribution in [3.8, 4) is 0 Å². The average molecular weight is 349 g/mol. The van der Waals surface area contributed by atoms with Crippen LogP contribution in [0.4, 0.5) is 5.69 Å². The van der Waals surface area contributed by atoms with Crippen LogP contribution in [-0.2, 0) is 10.0 Å². The van der Waals surface area contributed by atoms with Crippen molar-refractivity contribution in [3.63, 3.8) is 0 Å². The lowest BCUT2D eigenvalue weighted by atomic mass is 10.3. The van der Waals surface area contributed by atoms with E-state index in [9.17, 15) is 8.42 Å². The first-order chi connectivity index (χ1) is 8.89. The number of halogens is 1. The second kappa shape index (κ2) is 7.87. The fraction of sp³-hybridized carbons (Fsp3) is 0.538. The molecule has 0 aliphatic heterocycles. The summed E-state index contributed by atoms with van der Waals surface area (Å²) in [6.07, 6.45) is 1.51. The fourth-order valence-electron chi connectivity index (χ4n) is 1.59. The van der Waals surface area contributed by atoms with Gasteiger partial charge in [-0.3, -0.25) is 4.72 Å². The van der Waals surface area contributed by atoms with Crippen LogP contribution in [0.2, 0.25) is 0 Å². The van der Waals surface area contributed by atoms with Crippen LogP contribution in [0, 0.1) is 0 Å². The van der Waals surface area contributed by atoms with Crippen LogP contribution in [0.15, 0.2) is 28.7 Å². The van der Waals surface area contributed by atoms with Gasteiger partial charge in [0.25, 0.3) is 0 Å². The van der Waals surface area contributed by atoms with Gasteiger partial charge in [-0.05, 0) is 37.6 Å². The first-order valence-corrected chi connectivity index (χ1v) is 8.83. The van der Waals surface area contributed by atoms with E-state index in [0.29, 0.717) is 18.2 Å². The summed E-state index contributed by atoms with van der Waals surface area (Å²) in [5.41, 5.74) is 0.592. The maximum Gasteiger partial charge on any atom is 0.232 e. The van der Waals surface area contributed by atoms with Crippen molar-refractivity contribution in [1.82, 2.24) is 5.32 Å². The molecule has 1 aromatic carbocycles. The molecule has 0 atom stereocenters.